The van der Waals surface area contributed by atoms with E-state index in [1.165, 1.54) is 0 Å². The molecule has 0 amide bonds. The van der Waals surface area contributed by atoms with Crippen molar-refractivity contribution in [2.24, 2.45) is 0 Å². The Morgan fingerprint density at radius 3 is 2.81 bits per heavy atom. The summed E-state index contributed by atoms with van der Waals surface area (Å²) in [6, 6.07) is 1.82. The Morgan fingerprint density at radius 2 is 2.25 bits per heavy atom. The second-order valence-corrected chi connectivity index (χ2v) is 4.17. The van der Waals surface area contributed by atoms with Gasteiger partial charge in [-0.25, -0.2) is 4.98 Å². The van der Waals surface area contributed by atoms with Crippen molar-refractivity contribution in [3.05, 3.63) is 35.0 Å². The minimum Gasteiger partial charge on any atom is -0.395 e. The van der Waals surface area contributed by atoms with Gasteiger partial charge in [0.1, 0.15) is 5.82 Å². The topological polar surface area (TPSA) is 56.6 Å². The van der Waals surface area contributed by atoms with Crippen molar-refractivity contribution in [1.29, 1.82) is 0 Å². The first-order valence-electron chi connectivity index (χ1n) is 4.95. The highest BCUT2D eigenvalue weighted by Gasteiger charge is 2.11. The van der Waals surface area contributed by atoms with Crippen molar-refractivity contribution >= 4 is 21.7 Å². The predicted molar refractivity (Wildman–Crippen MR) is 67.4 cm³/mol. The summed E-state index contributed by atoms with van der Waals surface area (Å²) in [6.07, 6.45) is 3.41. The van der Waals surface area contributed by atoms with Crippen LogP contribution in [0.1, 0.15) is 5.56 Å². The van der Waals surface area contributed by atoms with Gasteiger partial charge in [-0.3, -0.25) is 0 Å². The molecule has 0 saturated heterocycles. The Hall–Kier alpha value is -0.910. The average Bonchev–Trinajstić information content (AvgIpc) is 2.28. The Morgan fingerprint density at radius 1 is 1.50 bits per heavy atom. The molecule has 0 spiro atoms. The zero-order chi connectivity index (χ0) is 12.0. The summed E-state index contributed by atoms with van der Waals surface area (Å²) in [5.74, 6) is 0.680. The quantitative estimate of drug-likeness (QED) is 0.775. The number of nitrogens with zero attached hydrogens (tertiary/aromatic N) is 2. The van der Waals surface area contributed by atoms with Gasteiger partial charge in [-0.2, -0.15) is 0 Å². The molecule has 2 N–H and O–H groups in total. The van der Waals surface area contributed by atoms with Crippen LogP contribution in [0.2, 0.25) is 0 Å². The molecule has 1 aromatic rings. The van der Waals surface area contributed by atoms with Gasteiger partial charge in [0.25, 0.3) is 0 Å². The van der Waals surface area contributed by atoms with Gasteiger partial charge in [0.15, 0.2) is 0 Å². The third kappa shape index (κ3) is 3.30. The molecule has 0 atom stereocenters. The fraction of sp³-hybridized carbons (Fsp3) is 0.364. The summed E-state index contributed by atoms with van der Waals surface area (Å²) >= 11 is 3.30. The molecule has 0 fully saturated rings. The first kappa shape index (κ1) is 13.2. The van der Waals surface area contributed by atoms with Crippen molar-refractivity contribution in [2.75, 3.05) is 24.6 Å². The van der Waals surface area contributed by atoms with Gasteiger partial charge in [-0.05, 0) is 22.0 Å². The monoisotopic (exact) mass is 286 g/mol. The van der Waals surface area contributed by atoms with Crippen LogP contribution in [-0.2, 0) is 6.61 Å². The highest BCUT2D eigenvalue weighted by Crippen LogP contribution is 2.21. The first-order valence-corrected chi connectivity index (χ1v) is 5.74. The molecule has 0 aliphatic rings. The number of halogens is 1. The molecular formula is C11H15BrN2O2. The fourth-order valence-electron chi connectivity index (χ4n) is 1.44. The SMILES string of the molecule is C=CCN(CCO)c1ncc(Br)cc1CO. The number of pyridine rings is 1. The van der Waals surface area contributed by atoms with Gasteiger partial charge in [0.05, 0.1) is 13.2 Å². The van der Waals surface area contributed by atoms with Crippen molar-refractivity contribution in [3.8, 4) is 0 Å². The molecule has 1 aromatic heterocycles. The zero-order valence-electron chi connectivity index (χ0n) is 8.93. The van der Waals surface area contributed by atoms with E-state index < -0.39 is 0 Å². The van der Waals surface area contributed by atoms with Gasteiger partial charge in [0, 0.05) is 29.3 Å². The van der Waals surface area contributed by atoms with Crippen molar-refractivity contribution in [1.82, 2.24) is 4.98 Å². The first-order chi connectivity index (χ1) is 7.72. The van der Waals surface area contributed by atoms with Gasteiger partial charge >= 0.3 is 0 Å². The van der Waals surface area contributed by atoms with Crippen LogP contribution in [-0.4, -0.2) is 34.9 Å². The Labute approximate surface area is 103 Å². The van der Waals surface area contributed by atoms with E-state index in [0.717, 1.165) is 10.0 Å². The van der Waals surface area contributed by atoms with Crippen molar-refractivity contribution in [3.63, 3.8) is 0 Å². The second-order valence-electron chi connectivity index (χ2n) is 3.25. The normalized spacial score (nSPS) is 10.2. The maximum absolute atomic E-state index is 9.25. The highest BCUT2D eigenvalue weighted by atomic mass is 79.9. The summed E-state index contributed by atoms with van der Waals surface area (Å²) < 4.78 is 0.822. The number of anilines is 1. The third-order valence-electron chi connectivity index (χ3n) is 2.10. The van der Waals surface area contributed by atoms with Crippen LogP contribution in [0.3, 0.4) is 0 Å². The van der Waals surface area contributed by atoms with Crippen LogP contribution in [0.4, 0.5) is 5.82 Å². The highest BCUT2D eigenvalue weighted by molar-refractivity contribution is 9.10. The summed E-state index contributed by atoms with van der Waals surface area (Å²) in [5, 5.41) is 18.2. The Balaban J connectivity index is 3.01. The fourth-order valence-corrected chi connectivity index (χ4v) is 1.81. The van der Waals surface area contributed by atoms with Gasteiger partial charge in [-0.15, -0.1) is 6.58 Å². The van der Waals surface area contributed by atoms with E-state index in [1.54, 1.807) is 12.3 Å². The summed E-state index contributed by atoms with van der Waals surface area (Å²) in [5.41, 5.74) is 0.727. The second kappa shape index (κ2) is 6.62. The minimum atomic E-state index is -0.0825. The van der Waals surface area contributed by atoms with E-state index in [2.05, 4.69) is 27.5 Å². The molecule has 0 aromatic carbocycles. The Bertz CT molecular complexity index is 358. The van der Waals surface area contributed by atoms with Crippen LogP contribution < -0.4 is 4.90 Å². The van der Waals surface area contributed by atoms with Gasteiger partial charge < -0.3 is 15.1 Å². The van der Waals surface area contributed by atoms with Crippen molar-refractivity contribution < 1.29 is 10.2 Å². The van der Waals surface area contributed by atoms with Crippen molar-refractivity contribution in [2.45, 2.75) is 6.61 Å². The van der Waals surface area contributed by atoms with Crippen LogP contribution in [0.25, 0.3) is 0 Å². The number of aliphatic hydroxyl groups excluding tert-OH is 2. The third-order valence-corrected chi connectivity index (χ3v) is 2.53. The lowest BCUT2D eigenvalue weighted by Gasteiger charge is -2.23. The number of hydrogen-bond acceptors (Lipinski definition) is 4. The van der Waals surface area contributed by atoms with Crippen LogP contribution in [0.5, 0.6) is 0 Å². The summed E-state index contributed by atoms with van der Waals surface area (Å²) in [7, 11) is 0. The number of rotatable bonds is 6. The van der Waals surface area contributed by atoms with Crippen LogP contribution >= 0.6 is 15.9 Å². The molecule has 0 unspecified atom stereocenters. The lowest BCUT2D eigenvalue weighted by atomic mass is 10.2. The summed E-state index contributed by atoms with van der Waals surface area (Å²) in [4.78, 5) is 6.11. The average molecular weight is 287 g/mol. The zero-order valence-corrected chi connectivity index (χ0v) is 10.5. The molecule has 0 aliphatic heterocycles. The van der Waals surface area contributed by atoms with Gasteiger partial charge in [-0.1, -0.05) is 6.08 Å². The molecule has 0 aliphatic carbocycles. The molecule has 0 saturated carbocycles. The lowest BCUT2D eigenvalue weighted by Crippen LogP contribution is -2.28. The summed E-state index contributed by atoms with van der Waals surface area (Å²) in [6.45, 7) is 4.67. The van der Waals surface area contributed by atoms with E-state index in [1.807, 2.05) is 11.0 Å². The number of aromatic nitrogens is 1. The standard InChI is InChI=1S/C11H15BrN2O2/c1-2-3-14(4-5-15)11-9(8-16)6-10(12)7-13-11/h2,6-7,15-16H,1,3-5,8H2. The van der Waals surface area contributed by atoms with Crippen LogP contribution in [0, 0.1) is 0 Å². The molecule has 4 nitrogen and oxygen atoms in total. The molecular weight excluding hydrogens is 272 g/mol. The molecule has 16 heavy (non-hydrogen) atoms. The molecule has 5 heteroatoms. The van der Waals surface area contributed by atoms with E-state index in [4.69, 9.17) is 5.11 Å². The van der Waals surface area contributed by atoms with Crippen LogP contribution in [0.15, 0.2) is 29.4 Å². The predicted octanol–water partition coefficient (Wildman–Crippen LogP) is 1.32. The maximum Gasteiger partial charge on any atom is 0.134 e. The van der Waals surface area contributed by atoms with Gasteiger partial charge in [0.2, 0.25) is 0 Å². The smallest absolute Gasteiger partial charge is 0.134 e. The minimum absolute atomic E-state index is 0.0381. The largest absolute Gasteiger partial charge is 0.395 e. The molecule has 0 radical (unpaired) electrons. The molecule has 1 rings (SSSR count). The van der Waals surface area contributed by atoms with E-state index in [-0.39, 0.29) is 13.2 Å². The van der Waals surface area contributed by atoms with E-state index >= 15 is 0 Å². The molecule has 0 bridgehead atoms. The number of hydrogen-bond donors (Lipinski definition) is 2. The van der Waals surface area contributed by atoms with E-state index in [9.17, 15) is 5.11 Å². The number of aliphatic hydroxyl groups is 2. The lowest BCUT2D eigenvalue weighted by molar-refractivity contribution is 0.280. The molecule has 1 heterocycles. The Kier molecular flexibility index (Phi) is 5.45. The molecule has 88 valence electrons. The maximum atomic E-state index is 9.25. The van der Waals surface area contributed by atoms with E-state index in [0.29, 0.717) is 18.9 Å².